The molecule has 3 rings (SSSR count). The van der Waals surface area contributed by atoms with Crippen LogP contribution >= 0.6 is 0 Å². The van der Waals surface area contributed by atoms with Crippen LogP contribution in [0.25, 0.3) is 0 Å². The predicted octanol–water partition coefficient (Wildman–Crippen LogP) is 6.43. The number of hydrogen-bond acceptors (Lipinski definition) is 4. The molecule has 2 aromatic rings. The van der Waals surface area contributed by atoms with Gasteiger partial charge in [0.25, 0.3) is 0 Å². The lowest BCUT2D eigenvalue weighted by molar-refractivity contribution is 0.0889. The average Bonchev–Trinajstić information content (AvgIpc) is 2.72. The second-order valence-electron chi connectivity index (χ2n) is 8.44. The summed E-state index contributed by atoms with van der Waals surface area (Å²) in [6.07, 6.45) is 6.56. The van der Waals surface area contributed by atoms with Gasteiger partial charge in [-0.3, -0.25) is 4.79 Å². The number of Topliss-reactive ketones (excluding diaryl/α,β-unsaturated/α-hetero) is 1. The molecule has 4 nitrogen and oxygen atoms in total. The van der Waals surface area contributed by atoms with Gasteiger partial charge in [0.05, 0.1) is 7.11 Å². The molecule has 0 saturated carbocycles. The van der Waals surface area contributed by atoms with Crippen LogP contribution in [0, 0.1) is 17.6 Å². The van der Waals surface area contributed by atoms with Crippen molar-refractivity contribution in [2.45, 2.75) is 45.4 Å². The van der Waals surface area contributed by atoms with Crippen molar-refractivity contribution in [3.63, 3.8) is 0 Å². The first kappa shape index (κ1) is 23.5. The van der Waals surface area contributed by atoms with Crippen LogP contribution in [0.5, 0.6) is 17.2 Å². The number of rotatable bonds is 7. The van der Waals surface area contributed by atoms with Crippen LogP contribution in [-0.4, -0.2) is 23.1 Å². The predicted molar refractivity (Wildman–Crippen MR) is 119 cm³/mol. The minimum Gasteiger partial charge on any atom is -0.507 e. The number of methoxy groups -OCH3 is 1. The van der Waals surface area contributed by atoms with E-state index in [2.05, 4.69) is 6.08 Å². The Kier molecular flexibility index (Phi) is 7.33. The molecule has 0 radical (unpaired) electrons. The number of halogens is 2. The number of benzene rings is 2. The fourth-order valence-electron chi connectivity index (χ4n) is 4.29. The number of ketones is 1. The summed E-state index contributed by atoms with van der Waals surface area (Å²) in [5.41, 5.74) is 2.51. The van der Waals surface area contributed by atoms with Crippen molar-refractivity contribution < 1.29 is 28.5 Å². The van der Waals surface area contributed by atoms with Crippen LogP contribution in [0.4, 0.5) is 8.78 Å². The molecular weight excluding hydrogens is 414 g/mol. The molecule has 1 aliphatic carbocycles. The fraction of sp³-hybridized carbons (Fsp3) is 0.346. The van der Waals surface area contributed by atoms with Crippen molar-refractivity contribution in [3.8, 4) is 17.2 Å². The van der Waals surface area contributed by atoms with E-state index in [1.54, 1.807) is 0 Å². The molecule has 0 aliphatic heterocycles. The molecule has 0 unspecified atom stereocenters. The number of phenolic OH excluding ortho intramolecular Hbond substituents is 2. The molecule has 0 bridgehead atoms. The summed E-state index contributed by atoms with van der Waals surface area (Å²) in [5, 5.41) is 20.7. The average molecular weight is 443 g/mol. The van der Waals surface area contributed by atoms with Gasteiger partial charge in [0.1, 0.15) is 34.4 Å². The van der Waals surface area contributed by atoms with E-state index in [0.717, 1.165) is 24.5 Å². The second kappa shape index (κ2) is 9.98. The number of hydrogen-bond donors (Lipinski definition) is 2. The third-order valence-corrected chi connectivity index (χ3v) is 5.85. The van der Waals surface area contributed by atoms with Crippen molar-refractivity contribution in [1.82, 2.24) is 0 Å². The topological polar surface area (TPSA) is 66.8 Å². The van der Waals surface area contributed by atoms with E-state index in [9.17, 15) is 23.8 Å². The molecule has 2 atom stereocenters. The number of carbonyl (C=O) groups is 1. The Morgan fingerprint density at radius 1 is 1.09 bits per heavy atom. The molecule has 2 aromatic carbocycles. The molecule has 6 heteroatoms. The van der Waals surface area contributed by atoms with E-state index in [1.165, 1.54) is 36.9 Å². The van der Waals surface area contributed by atoms with Gasteiger partial charge in [-0.25, -0.2) is 8.78 Å². The molecular formula is C26H28F2O4. The van der Waals surface area contributed by atoms with E-state index in [0.29, 0.717) is 18.4 Å². The maximum Gasteiger partial charge on any atom is 0.174 e. The zero-order valence-corrected chi connectivity index (χ0v) is 18.5. The van der Waals surface area contributed by atoms with Gasteiger partial charge in [-0.1, -0.05) is 23.3 Å². The normalized spacial score (nSPS) is 18.1. The van der Waals surface area contributed by atoms with Crippen molar-refractivity contribution >= 4 is 5.78 Å². The number of carbonyl (C=O) groups excluding carboxylic acids is 1. The highest BCUT2D eigenvalue weighted by molar-refractivity contribution is 6.03. The first-order valence-electron chi connectivity index (χ1n) is 10.6. The Labute approximate surface area is 186 Å². The fourth-order valence-corrected chi connectivity index (χ4v) is 4.29. The first-order chi connectivity index (χ1) is 15.2. The highest BCUT2D eigenvalue weighted by atomic mass is 19.1. The van der Waals surface area contributed by atoms with Crippen LogP contribution in [0.2, 0.25) is 0 Å². The van der Waals surface area contributed by atoms with Crippen molar-refractivity contribution in [3.05, 3.63) is 76.4 Å². The van der Waals surface area contributed by atoms with Gasteiger partial charge in [0, 0.05) is 24.1 Å². The van der Waals surface area contributed by atoms with Crippen LogP contribution < -0.4 is 4.74 Å². The maximum absolute atomic E-state index is 14.0. The SMILES string of the molecule is COc1cc(O)c(C(=O)[C@H]2CC=C(CCC=C(C)C)C[C@@H]2c2cc(F)cc(F)c2)c(O)c1. The van der Waals surface area contributed by atoms with Crippen LogP contribution in [0.15, 0.2) is 53.6 Å². The third-order valence-electron chi connectivity index (χ3n) is 5.85. The number of ether oxygens (including phenoxy) is 1. The zero-order chi connectivity index (χ0) is 23.4. The lowest BCUT2D eigenvalue weighted by Gasteiger charge is -2.31. The Bertz CT molecular complexity index is 1020. The first-order valence-corrected chi connectivity index (χ1v) is 10.6. The molecule has 170 valence electrons. The summed E-state index contributed by atoms with van der Waals surface area (Å²) >= 11 is 0. The van der Waals surface area contributed by atoms with Gasteiger partial charge >= 0.3 is 0 Å². The van der Waals surface area contributed by atoms with Gasteiger partial charge in [0.15, 0.2) is 5.78 Å². The van der Waals surface area contributed by atoms with Crippen LogP contribution in [0.1, 0.15) is 61.4 Å². The monoisotopic (exact) mass is 442 g/mol. The molecule has 0 spiro atoms. The van der Waals surface area contributed by atoms with Gasteiger partial charge in [-0.15, -0.1) is 0 Å². The Morgan fingerprint density at radius 3 is 2.28 bits per heavy atom. The molecule has 1 aliphatic rings. The lowest BCUT2D eigenvalue weighted by Crippen LogP contribution is -2.26. The van der Waals surface area contributed by atoms with Crippen molar-refractivity contribution in [1.29, 1.82) is 0 Å². The largest absolute Gasteiger partial charge is 0.507 e. The molecule has 0 heterocycles. The highest BCUT2D eigenvalue weighted by Crippen LogP contribution is 2.44. The van der Waals surface area contributed by atoms with Gasteiger partial charge in [0.2, 0.25) is 0 Å². The summed E-state index contributed by atoms with van der Waals surface area (Å²) in [6, 6.07) is 5.82. The maximum atomic E-state index is 14.0. The molecule has 32 heavy (non-hydrogen) atoms. The number of aromatic hydroxyl groups is 2. The van der Waals surface area contributed by atoms with E-state index in [-0.39, 0.29) is 11.3 Å². The Balaban J connectivity index is 1.99. The van der Waals surface area contributed by atoms with Gasteiger partial charge < -0.3 is 14.9 Å². The summed E-state index contributed by atoms with van der Waals surface area (Å²) < 4.78 is 33.0. The zero-order valence-electron chi connectivity index (χ0n) is 18.5. The van der Waals surface area contributed by atoms with E-state index in [1.807, 2.05) is 19.9 Å². The molecule has 0 fully saturated rings. The highest BCUT2D eigenvalue weighted by Gasteiger charge is 2.35. The summed E-state index contributed by atoms with van der Waals surface area (Å²) in [4.78, 5) is 13.4. The van der Waals surface area contributed by atoms with E-state index < -0.39 is 40.8 Å². The quantitative estimate of drug-likeness (QED) is 0.383. The Hall–Kier alpha value is -3.15. The summed E-state index contributed by atoms with van der Waals surface area (Å²) in [6.45, 7) is 4.05. The molecule has 0 aromatic heterocycles. The van der Waals surface area contributed by atoms with Crippen molar-refractivity contribution in [2.75, 3.05) is 7.11 Å². The standard InChI is InChI=1S/C26H28F2O4/c1-15(2)5-4-6-16-7-8-21(22(9-16)17-10-18(27)12-19(28)11-17)26(31)25-23(29)13-20(32-3)14-24(25)30/h5,7,10-14,21-22,29-30H,4,6,8-9H2,1-3H3/t21-,22+/m0/s1. The van der Waals surface area contributed by atoms with Crippen LogP contribution in [-0.2, 0) is 0 Å². The third kappa shape index (κ3) is 5.36. The number of phenols is 2. The van der Waals surface area contributed by atoms with Crippen LogP contribution in [0.3, 0.4) is 0 Å². The molecule has 2 N–H and O–H groups in total. The summed E-state index contributed by atoms with van der Waals surface area (Å²) in [7, 11) is 1.38. The van der Waals surface area contributed by atoms with E-state index in [4.69, 9.17) is 4.74 Å². The second-order valence-corrected chi connectivity index (χ2v) is 8.44. The lowest BCUT2D eigenvalue weighted by atomic mass is 9.71. The molecule has 0 saturated heterocycles. The minimum absolute atomic E-state index is 0.209. The van der Waals surface area contributed by atoms with Gasteiger partial charge in [-0.2, -0.15) is 0 Å². The smallest absolute Gasteiger partial charge is 0.174 e. The van der Waals surface area contributed by atoms with Crippen molar-refractivity contribution in [2.24, 2.45) is 5.92 Å². The number of allylic oxidation sites excluding steroid dienone is 4. The molecule has 0 amide bonds. The summed E-state index contributed by atoms with van der Waals surface area (Å²) in [5.74, 6) is -3.64. The van der Waals surface area contributed by atoms with Gasteiger partial charge in [-0.05, 0) is 63.1 Å². The Morgan fingerprint density at radius 2 is 1.72 bits per heavy atom. The van der Waals surface area contributed by atoms with E-state index >= 15 is 0 Å². The minimum atomic E-state index is -0.706.